The standard InChI is InChI=1S/C14H16ClN3O/c1-17-13(10-5-6-10)12(16)14(19)18(17)8-9-3-2-4-11(15)7-9/h2-4,7,10H,5-6,8,16H2,1H3. The molecule has 0 radical (unpaired) electrons. The summed E-state index contributed by atoms with van der Waals surface area (Å²) < 4.78 is 3.57. The van der Waals surface area contributed by atoms with E-state index in [1.807, 2.05) is 36.0 Å². The molecular weight excluding hydrogens is 262 g/mol. The van der Waals surface area contributed by atoms with Gasteiger partial charge in [-0.05, 0) is 30.5 Å². The number of rotatable bonds is 3. The van der Waals surface area contributed by atoms with Crippen LogP contribution in [0.5, 0.6) is 0 Å². The molecule has 0 spiro atoms. The van der Waals surface area contributed by atoms with Crippen molar-refractivity contribution in [1.82, 2.24) is 9.36 Å². The van der Waals surface area contributed by atoms with E-state index in [9.17, 15) is 4.79 Å². The maximum absolute atomic E-state index is 12.2. The minimum absolute atomic E-state index is 0.107. The Morgan fingerprint density at radius 3 is 2.79 bits per heavy atom. The second-order valence-corrected chi connectivity index (χ2v) is 5.53. The van der Waals surface area contributed by atoms with Gasteiger partial charge in [-0.2, -0.15) is 0 Å². The van der Waals surface area contributed by atoms with E-state index in [-0.39, 0.29) is 5.56 Å². The van der Waals surface area contributed by atoms with Crippen LogP contribution in [0.4, 0.5) is 5.69 Å². The highest BCUT2D eigenvalue weighted by Crippen LogP contribution is 2.41. The Labute approximate surface area is 116 Å². The van der Waals surface area contributed by atoms with E-state index in [1.165, 1.54) is 0 Å². The lowest BCUT2D eigenvalue weighted by molar-refractivity contribution is 0.518. The van der Waals surface area contributed by atoms with E-state index in [0.717, 1.165) is 24.1 Å². The van der Waals surface area contributed by atoms with Crippen LogP contribution in [0, 0.1) is 0 Å². The van der Waals surface area contributed by atoms with Crippen molar-refractivity contribution in [2.75, 3.05) is 5.73 Å². The fraction of sp³-hybridized carbons (Fsp3) is 0.357. The topological polar surface area (TPSA) is 52.9 Å². The van der Waals surface area contributed by atoms with Crippen molar-refractivity contribution in [2.45, 2.75) is 25.3 Å². The second-order valence-electron chi connectivity index (χ2n) is 5.09. The zero-order chi connectivity index (χ0) is 13.6. The van der Waals surface area contributed by atoms with E-state index in [0.29, 0.717) is 23.2 Å². The summed E-state index contributed by atoms with van der Waals surface area (Å²) in [4.78, 5) is 12.2. The van der Waals surface area contributed by atoms with Gasteiger partial charge in [0.1, 0.15) is 5.69 Å². The molecule has 2 aromatic rings. The first-order valence-electron chi connectivity index (χ1n) is 6.37. The summed E-state index contributed by atoms with van der Waals surface area (Å²) >= 11 is 5.97. The molecule has 19 heavy (non-hydrogen) atoms. The maximum Gasteiger partial charge on any atom is 0.290 e. The SMILES string of the molecule is Cn1c(C2CC2)c(N)c(=O)n1Cc1cccc(Cl)c1. The average molecular weight is 278 g/mol. The summed E-state index contributed by atoms with van der Waals surface area (Å²) in [6, 6.07) is 7.53. The molecule has 0 aliphatic heterocycles. The van der Waals surface area contributed by atoms with Crippen molar-refractivity contribution in [1.29, 1.82) is 0 Å². The van der Waals surface area contributed by atoms with Gasteiger partial charge >= 0.3 is 0 Å². The zero-order valence-electron chi connectivity index (χ0n) is 10.8. The zero-order valence-corrected chi connectivity index (χ0v) is 11.5. The number of hydrogen-bond acceptors (Lipinski definition) is 2. The second kappa shape index (κ2) is 4.46. The maximum atomic E-state index is 12.2. The number of nitrogens with zero attached hydrogens (tertiary/aromatic N) is 2. The van der Waals surface area contributed by atoms with Crippen LogP contribution in [-0.4, -0.2) is 9.36 Å². The molecule has 1 aliphatic carbocycles. The minimum Gasteiger partial charge on any atom is -0.393 e. The summed E-state index contributed by atoms with van der Waals surface area (Å²) in [6.07, 6.45) is 2.25. The van der Waals surface area contributed by atoms with Crippen LogP contribution in [0.1, 0.15) is 30.0 Å². The molecule has 0 unspecified atom stereocenters. The molecule has 0 atom stereocenters. The van der Waals surface area contributed by atoms with Gasteiger partial charge < -0.3 is 5.73 Å². The Balaban J connectivity index is 2.01. The van der Waals surface area contributed by atoms with Crippen LogP contribution in [0.25, 0.3) is 0 Å². The summed E-state index contributed by atoms with van der Waals surface area (Å²) in [5.41, 5.74) is 8.21. The van der Waals surface area contributed by atoms with Gasteiger partial charge in [0.2, 0.25) is 0 Å². The third kappa shape index (κ3) is 2.16. The lowest BCUT2D eigenvalue weighted by atomic mass is 10.2. The van der Waals surface area contributed by atoms with Gasteiger partial charge in [0.25, 0.3) is 5.56 Å². The summed E-state index contributed by atoms with van der Waals surface area (Å²) in [7, 11) is 1.90. The molecule has 0 bridgehead atoms. The number of anilines is 1. The molecule has 5 heteroatoms. The molecule has 1 aromatic carbocycles. The minimum atomic E-state index is -0.107. The van der Waals surface area contributed by atoms with Crippen molar-refractivity contribution >= 4 is 17.3 Å². The van der Waals surface area contributed by atoms with Gasteiger partial charge in [-0.1, -0.05) is 23.7 Å². The summed E-state index contributed by atoms with van der Waals surface area (Å²) in [6.45, 7) is 0.493. The fourth-order valence-corrected chi connectivity index (χ4v) is 2.73. The smallest absolute Gasteiger partial charge is 0.290 e. The lowest BCUT2D eigenvalue weighted by Gasteiger charge is -2.09. The molecule has 1 heterocycles. The van der Waals surface area contributed by atoms with Gasteiger partial charge in [-0.25, -0.2) is 4.68 Å². The molecule has 100 valence electrons. The Bertz CT molecular complexity index is 682. The number of hydrogen-bond donors (Lipinski definition) is 1. The van der Waals surface area contributed by atoms with Gasteiger partial charge in [0, 0.05) is 18.0 Å². The number of benzene rings is 1. The summed E-state index contributed by atoms with van der Waals surface area (Å²) in [5, 5.41) is 0.676. The quantitative estimate of drug-likeness (QED) is 0.936. The van der Waals surface area contributed by atoms with Crippen molar-refractivity contribution in [3.63, 3.8) is 0 Å². The average Bonchev–Trinajstić information content (AvgIpc) is 3.16. The third-order valence-electron chi connectivity index (χ3n) is 3.64. The number of nitrogens with two attached hydrogens (primary N) is 1. The highest BCUT2D eigenvalue weighted by molar-refractivity contribution is 6.30. The molecule has 1 aromatic heterocycles. The van der Waals surface area contributed by atoms with E-state index >= 15 is 0 Å². The van der Waals surface area contributed by atoms with Crippen molar-refractivity contribution in [2.24, 2.45) is 7.05 Å². The number of halogens is 1. The molecular formula is C14H16ClN3O. The normalized spacial score (nSPS) is 14.8. The van der Waals surface area contributed by atoms with E-state index < -0.39 is 0 Å². The molecule has 1 aliphatic rings. The van der Waals surface area contributed by atoms with E-state index in [4.69, 9.17) is 17.3 Å². The van der Waals surface area contributed by atoms with E-state index in [2.05, 4.69) is 0 Å². The van der Waals surface area contributed by atoms with Crippen molar-refractivity contribution in [3.8, 4) is 0 Å². The Morgan fingerprint density at radius 2 is 2.16 bits per heavy atom. The largest absolute Gasteiger partial charge is 0.393 e. The van der Waals surface area contributed by atoms with E-state index in [1.54, 1.807) is 4.68 Å². The van der Waals surface area contributed by atoms with Gasteiger partial charge in [-0.15, -0.1) is 0 Å². The molecule has 1 fully saturated rings. The van der Waals surface area contributed by atoms with Gasteiger partial charge in [-0.3, -0.25) is 9.48 Å². The molecule has 4 nitrogen and oxygen atoms in total. The van der Waals surface area contributed by atoms with Gasteiger partial charge in [0.15, 0.2) is 0 Å². The van der Waals surface area contributed by atoms with Crippen molar-refractivity contribution < 1.29 is 0 Å². The van der Waals surface area contributed by atoms with Crippen LogP contribution >= 0.6 is 11.6 Å². The molecule has 0 saturated heterocycles. The molecule has 2 N–H and O–H groups in total. The lowest BCUT2D eigenvalue weighted by Crippen LogP contribution is -2.23. The highest BCUT2D eigenvalue weighted by atomic mass is 35.5. The summed E-state index contributed by atoms with van der Waals surface area (Å²) in [5.74, 6) is 0.457. The van der Waals surface area contributed by atoms with Crippen molar-refractivity contribution in [3.05, 3.63) is 50.9 Å². The first kappa shape index (κ1) is 12.4. The van der Waals surface area contributed by atoms with Crippen LogP contribution in [0.15, 0.2) is 29.1 Å². The monoisotopic (exact) mass is 277 g/mol. The Hall–Kier alpha value is -1.68. The van der Waals surface area contributed by atoms with Crippen LogP contribution in [-0.2, 0) is 13.6 Å². The number of nitrogen functional groups attached to an aromatic ring is 1. The number of aromatic nitrogens is 2. The first-order chi connectivity index (χ1) is 9.08. The third-order valence-corrected chi connectivity index (χ3v) is 3.87. The molecule has 1 saturated carbocycles. The van der Waals surface area contributed by atoms with Gasteiger partial charge in [0.05, 0.1) is 12.2 Å². The molecule has 0 amide bonds. The van der Waals surface area contributed by atoms with Crippen LogP contribution in [0.3, 0.4) is 0 Å². The van der Waals surface area contributed by atoms with Crippen LogP contribution < -0.4 is 11.3 Å². The Morgan fingerprint density at radius 1 is 1.42 bits per heavy atom. The molecule has 3 rings (SSSR count). The van der Waals surface area contributed by atoms with Crippen LogP contribution in [0.2, 0.25) is 5.02 Å². The Kier molecular flexibility index (Phi) is 2.90. The predicted molar refractivity (Wildman–Crippen MR) is 76.6 cm³/mol. The fourth-order valence-electron chi connectivity index (χ4n) is 2.52. The first-order valence-corrected chi connectivity index (χ1v) is 6.75. The predicted octanol–water partition coefficient (Wildman–Crippen LogP) is 2.35. The highest BCUT2D eigenvalue weighted by Gasteiger charge is 2.31.